The largest absolute Gasteiger partial charge is 0.484 e. The van der Waals surface area contributed by atoms with Gasteiger partial charge in [-0.15, -0.1) is 0 Å². The Morgan fingerprint density at radius 2 is 1.77 bits per heavy atom. The van der Waals surface area contributed by atoms with Gasteiger partial charge in [-0.1, -0.05) is 12.1 Å². The molecule has 2 aromatic carbocycles. The molecule has 0 saturated carbocycles. The van der Waals surface area contributed by atoms with Crippen molar-refractivity contribution in [3.63, 3.8) is 0 Å². The van der Waals surface area contributed by atoms with Crippen LogP contribution in [0.2, 0.25) is 0 Å². The van der Waals surface area contributed by atoms with E-state index in [9.17, 15) is 14.9 Å². The summed E-state index contributed by atoms with van der Waals surface area (Å²) in [6, 6.07) is 13.4. The first kappa shape index (κ1) is 17.7. The molecule has 1 fully saturated rings. The Balaban J connectivity index is 1.59. The number of carbonyl (C=O) groups is 1. The van der Waals surface area contributed by atoms with E-state index in [1.165, 1.54) is 30.7 Å². The van der Waals surface area contributed by atoms with Crippen LogP contribution in [0.1, 0.15) is 19.3 Å². The molecule has 1 N–H and O–H groups in total. The number of rotatable bonds is 6. The maximum absolute atomic E-state index is 12.2. The second-order valence-corrected chi connectivity index (χ2v) is 6.15. The monoisotopic (exact) mass is 355 g/mol. The number of anilines is 2. The van der Waals surface area contributed by atoms with Crippen LogP contribution in [0, 0.1) is 10.1 Å². The van der Waals surface area contributed by atoms with E-state index < -0.39 is 4.92 Å². The smallest absolute Gasteiger partial charge is 0.269 e. The van der Waals surface area contributed by atoms with Crippen LogP contribution in [0.15, 0.2) is 48.5 Å². The van der Waals surface area contributed by atoms with Crippen LogP contribution in [0.25, 0.3) is 0 Å². The van der Waals surface area contributed by atoms with E-state index in [2.05, 4.69) is 10.2 Å². The summed E-state index contributed by atoms with van der Waals surface area (Å²) in [5.74, 6) is 0.142. The van der Waals surface area contributed by atoms with Crippen molar-refractivity contribution in [1.82, 2.24) is 0 Å². The number of para-hydroxylation sites is 2. The molecule has 1 aliphatic heterocycles. The van der Waals surface area contributed by atoms with Gasteiger partial charge in [0.25, 0.3) is 11.6 Å². The van der Waals surface area contributed by atoms with E-state index in [1.807, 2.05) is 24.3 Å². The highest BCUT2D eigenvalue weighted by Gasteiger charge is 2.15. The van der Waals surface area contributed by atoms with Gasteiger partial charge in [-0.3, -0.25) is 14.9 Å². The molecule has 7 heteroatoms. The minimum Gasteiger partial charge on any atom is -0.484 e. The van der Waals surface area contributed by atoms with Gasteiger partial charge >= 0.3 is 0 Å². The lowest BCUT2D eigenvalue weighted by molar-refractivity contribution is -0.384. The highest BCUT2D eigenvalue weighted by molar-refractivity contribution is 5.95. The van der Waals surface area contributed by atoms with Gasteiger partial charge in [0.1, 0.15) is 5.75 Å². The number of nitrogens with zero attached hydrogens (tertiary/aromatic N) is 2. The first-order valence-electron chi connectivity index (χ1n) is 8.64. The molecular weight excluding hydrogens is 334 g/mol. The SMILES string of the molecule is O=C(COc1ccc([N+](=O)[O-])cc1)Nc1ccccc1N1CCCCC1. The predicted molar refractivity (Wildman–Crippen MR) is 99.7 cm³/mol. The number of carbonyl (C=O) groups excluding carboxylic acids is 1. The van der Waals surface area contributed by atoms with E-state index in [1.54, 1.807) is 0 Å². The fraction of sp³-hybridized carbons (Fsp3) is 0.316. The summed E-state index contributed by atoms with van der Waals surface area (Å²) < 4.78 is 5.41. The van der Waals surface area contributed by atoms with Gasteiger partial charge in [0.2, 0.25) is 0 Å². The van der Waals surface area contributed by atoms with E-state index >= 15 is 0 Å². The van der Waals surface area contributed by atoms with E-state index in [0.717, 1.165) is 37.3 Å². The third-order valence-electron chi connectivity index (χ3n) is 4.29. The first-order chi connectivity index (χ1) is 12.6. The van der Waals surface area contributed by atoms with Crippen LogP contribution in [0.3, 0.4) is 0 Å². The molecule has 0 aromatic heterocycles. The maximum Gasteiger partial charge on any atom is 0.269 e. The van der Waals surface area contributed by atoms with Crippen molar-refractivity contribution in [1.29, 1.82) is 0 Å². The summed E-state index contributed by atoms with van der Waals surface area (Å²) in [5.41, 5.74) is 1.78. The zero-order valence-corrected chi connectivity index (χ0v) is 14.4. The zero-order chi connectivity index (χ0) is 18.4. The van der Waals surface area contributed by atoms with Gasteiger partial charge in [0, 0.05) is 25.2 Å². The van der Waals surface area contributed by atoms with Crippen molar-refractivity contribution in [2.75, 3.05) is 29.9 Å². The number of non-ortho nitro benzene ring substituents is 1. The lowest BCUT2D eigenvalue weighted by Crippen LogP contribution is -2.30. The molecule has 0 aliphatic carbocycles. The summed E-state index contributed by atoms with van der Waals surface area (Å²) in [6.07, 6.45) is 3.56. The fourth-order valence-corrected chi connectivity index (χ4v) is 2.99. The van der Waals surface area contributed by atoms with Crippen molar-refractivity contribution in [3.8, 4) is 5.75 Å². The molecule has 0 atom stereocenters. The zero-order valence-electron chi connectivity index (χ0n) is 14.4. The van der Waals surface area contributed by atoms with Crippen LogP contribution >= 0.6 is 0 Å². The van der Waals surface area contributed by atoms with Crippen molar-refractivity contribution in [2.24, 2.45) is 0 Å². The summed E-state index contributed by atoms with van der Waals surface area (Å²) in [5, 5.41) is 13.5. The van der Waals surface area contributed by atoms with Gasteiger partial charge < -0.3 is 15.0 Å². The number of hydrogen-bond acceptors (Lipinski definition) is 5. The molecule has 136 valence electrons. The number of nitrogens with one attached hydrogen (secondary N) is 1. The number of hydrogen-bond donors (Lipinski definition) is 1. The van der Waals surface area contributed by atoms with Crippen molar-refractivity contribution >= 4 is 23.0 Å². The Bertz CT molecular complexity index is 771. The molecule has 0 radical (unpaired) electrons. The summed E-state index contributed by atoms with van der Waals surface area (Å²) in [6.45, 7) is 1.82. The second kappa shape index (κ2) is 8.33. The molecule has 1 aliphatic rings. The molecule has 3 rings (SSSR count). The third-order valence-corrected chi connectivity index (χ3v) is 4.29. The van der Waals surface area contributed by atoms with Gasteiger partial charge in [0.15, 0.2) is 6.61 Å². The number of ether oxygens (including phenoxy) is 1. The minimum absolute atomic E-state index is 0.0164. The third kappa shape index (κ3) is 4.50. The number of amides is 1. The predicted octanol–water partition coefficient (Wildman–Crippen LogP) is 3.60. The van der Waals surface area contributed by atoms with Crippen molar-refractivity contribution in [3.05, 3.63) is 58.6 Å². The average Bonchev–Trinajstić information content (AvgIpc) is 2.68. The normalized spacial score (nSPS) is 13.9. The van der Waals surface area contributed by atoms with Gasteiger partial charge in [-0.2, -0.15) is 0 Å². The van der Waals surface area contributed by atoms with Gasteiger partial charge in [0.05, 0.1) is 16.3 Å². The molecule has 26 heavy (non-hydrogen) atoms. The maximum atomic E-state index is 12.2. The van der Waals surface area contributed by atoms with Crippen LogP contribution in [-0.4, -0.2) is 30.5 Å². The van der Waals surface area contributed by atoms with Crippen LogP contribution in [-0.2, 0) is 4.79 Å². The molecule has 0 spiro atoms. The Morgan fingerprint density at radius 1 is 1.08 bits per heavy atom. The summed E-state index contributed by atoms with van der Waals surface area (Å²) in [7, 11) is 0. The van der Waals surface area contributed by atoms with Crippen molar-refractivity contribution < 1.29 is 14.5 Å². The van der Waals surface area contributed by atoms with Crippen LogP contribution in [0.4, 0.5) is 17.1 Å². The molecular formula is C19H21N3O4. The minimum atomic E-state index is -0.478. The van der Waals surface area contributed by atoms with E-state index in [-0.39, 0.29) is 18.2 Å². The number of benzene rings is 2. The van der Waals surface area contributed by atoms with Gasteiger partial charge in [-0.05, 0) is 43.5 Å². The molecule has 2 aromatic rings. The molecule has 1 amide bonds. The summed E-state index contributed by atoms with van der Waals surface area (Å²) >= 11 is 0. The van der Waals surface area contributed by atoms with Crippen LogP contribution < -0.4 is 15.0 Å². The Labute approximate surface area is 151 Å². The second-order valence-electron chi connectivity index (χ2n) is 6.15. The molecule has 1 heterocycles. The number of piperidine rings is 1. The summed E-state index contributed by atoms with van der Waals surface area (Å²) in [4.78, 5) is 24.7. The van der Waals surface area contributed by atoms with E-state index in [4.69, 9.17) is 4.74 Å². The number of nitro groups is 1. The Kier molecular flexibility index (Phi) is 5.68. The first-order valence-corrected chi connectivity index (χ1v) is 8.64. The average molecular weight is 355 g/mol. The Morgan fingerprint density at radius 3 is 2.46 bits per heavy atom. The van der Waals surface area contributed by atoms with E-state index in [0.29, 0.717) is 5.75 Å². The molecule has 0 bridgehead atoms. The lowest BCUT2D eigenvalue weighted by Gasteiger charge is -2.30. The number of nitro benzene ring substituents is 1. The lowest BCUT2D eigenvalue weighted by atomic mass is 10.1. The molecule has 1 saturated heterocycles. The molecule has 7 nitrogen and oxygen atoms in total. The Hall–Kier alpha value is -3.09. The molecule has 0 unspecified atom stereocenters. The van der Waals surface area contributed by atoms with Crippen LogP contribution in [0.5, 0.6) is 5.75 Å². The topological polar surface area (TPSA) is 84.7 Å². The standard InChI is InChI=1S/C19H21N3O4/c23-19(14-26-16-10-8-15(9-11-16)22(24)25)20-17-6-2-3-7-18(17)21-12-4-1-5-13-21/h2-3,6-11H,1,4-5,12-14H2,(H,20,23). The fourth-order valence-electron chi connectivity index (χ4n) is 2.99. The quantitative estimate of drug-likeness (QED) is 0.632. The highest BCUT2D eigenvalue weighted by atomic mass is 16.6. The van der Waals surface area contributed by atoms with Crippen molar-refractivity contribution in [2.45, 2.75) is 19.3 Å². The van der Waals surface area contributed by atoms with Gasteiger partial charge in [-0.25, -0.2) is 0 Å². The highest BCUT2D eigenvalue weighted by Crippen LogP contribution is 2.28.